The second-order valence-electron chi connectivity index (χ2n) is 7.99. The number of nitrogens with one attached hydrogen (secondary N) is 1. The Morgan fingerprint density at radius 1 is 1.09 bits per heavy atom. The highest BCUT2D eigenvalue weighted by Gasteiger charge is 2.28. The van der Waals surface area contributed by atoms with Crippen molar-refractivity contribution in [1.82, 2.24) is 10.2 Å². The molecule has 6 heteroatoms. The van der Waals surface area contributed by atoms with Gasteiger partial charge in [-0.05, 0) is 56.0 Å². The van der Waals surface area contributed by atoms with Crippen LogP contribution in [0, 0.1) is 6.92 Å². The van der Waals surface area contributed by atoms with Gasteiger partial charge in [-0.15, -0.1) is 0 Å². The second-order valence-corrected chi connectivity index (χ2v) is 8.42. The monoisotopic (exact) mass is 458 g/mol. The fraction of sp³-hybridized carbons (Fsp3) is 0.462. The summed E-state index contributed by atoms with van der Waals surface area (Å²) in [6, 6.07) is 14.7. The molecule has 2 rings (SSSR count). The van der Waals surface area contributed by atoms with Gasteiger partial charge in [-0.3, -0.25) is 9.59 Å². The number of benzene rings is 2. The molecule has 174 valence electrons. The normalized spacial score (nSPS) is 11.6. The van der Waals surface area contributed by atoms with Crippen molar-refractivity contribution in [3.8, 4) is 5.75 Å². The molecule has 0 fully saturated rings. The van der Waals surface area contributed by atoms with E-state index in [2.05, 4.69) is 18.3 Å². The van der Waals surface area contributed by atoms with Crippen molar-refractivity contribution < 1.29 is 14.3 Å². The first-order valence-corrected chi connectivity index (χ1v) is 11.8. The first-order valence-electron chi connectivity index (χ1n) is 11.5. The molecule has 0 unspecified atom stereocenters. The Hall–Kier alpha value is -2.53. The average Bonchev–Trinajstić information content (AvgIpc) is 2.78. The van der Waals surface area contributed by atoms with E-state index in [0.717, 1.165) is 29.7 Å². The standard InChI is InChI=1S/C26H35ClN2O3/c1-4-6-16-28-26(31)24(5-2)29(19-21-10-7-9-20(3)18-21)25(30)11-8-17-32-23-14-12-22(27)13-15-23/h7,9-10,12-15,18,24H,4-6,8,11,16-17,19H2,1-3H3,(H,28,31)/t24-/m1/s1. The van der Waals surface area contributed by atoms with Crippen LogP contribution in [0.5, 0.6) is 5.75 Å². The zero-order valence-electron chi connectivity index (χ0n) is 19.4. The van der Waals surface area contributed by atoms with Crippen LogP contribution in [0.1, 0.15) is 57.1 Å². The van der Waals surface area contributed by atoms with Crippen LogP contribution in [0.25, 0.3) is 0 Å². The predicted octanol–water partition coefficient (Wildman–Crippen LogP) is 5.53. The number of unbranched alkanes of at least 4 members (excludes halogenated alkanes) is 1. The van der Waals surface area contributed by atoms with E-state index in [1.807, 2.05) is 44.2 Å². The lowest BCUT2D eigenvalue weighted by molar-refractivity contribution is -0.141. The summed E-state index contributed by atoms with van der Waals surface area (Å²) in [5, 5.41) is 3.65. The van der Waals surface area contributed by atoms with E-state index in [4.69, 9.17) is 16.3 Å². The minimum Gasteiger partial charge on any atom is -0.494 e. The molecule has 2 aromatic carbocycles. The van der Waals surface area contributed by atoms with E-state index in [1.165, 1.54) is 0 Å². The summed E-state index contributed by atoms with van der Waals surface area (Å²) in [7, 11) is 0. The third kappa shape index (κ3) is 8.54. The van der Waals surface area contributed by atoms with Gasteiger partial charge in [-0.2, -0.15) is 0 Å². The first kappa shape index (κ1) is 25.7. The Labute approximate surface area is 197 Å². The van der Waals surface area contributed by atoms with Crippen LogP contribution in [-0.4, -0.2) is 35.9 Å². The molecule has 0 saturated carbocycles. The SMILES string of the molecule is CCCCNC(=O)[C@@H](CC)N(Cc1cccc(C)c1)C(=O)CCCOc1ccc(Cl)cc1. The van der Waals surface area contributed by atoms with E-state index in [0.29, 0.717) is 44.0 Å². The van der Waals surface area contributed by atoms with E-state index in [-0.39, 0.29) is 11.8 Å². The summed E-state index contributed by atoms with van der Waals surface area (Å²) < 4.78 is 5.72. The lowest BCUT2D eigenvalue weighted by Gasteiger charge is -2.31. The number of ether oxygens (including phenoxy) is 1. The Balaban J connectivity index is 2.03. The third-order valence-electron chi connectivity index (χ3n) is 5.27. The van der Waals surface area contributed by atoms with Crippen LogP contribution < -0.4 is 10.1 Å². The summed E-state index contributed by atoms with van der Waals surface area (Å²) in [6.07, 6.45) is 3.39. The molecular weight excluding hydrogens is 424 g/mol. The van der Waals surface area contributed by atoms with Crippen LogP contribution in [0.4, 0.5) is 0 Å². The van der Waals surface area contributed by atoms with Crippen molar-refractivity contribution in [1.29, 1.82) is 0 Å². The van der Waals surface area contributed by atoms with Gasteiger partial charge in [0.1, 0.15) is 11.8 Å². The lowest BCUT2D eigenvalue weighted by atomic mass is 10.1. The molecule has 0 aliphatic rings. The molecule has 0 aliphatic heterocycles. The number of hydrogen-bond donors (Lipinski definition) is 1. The maximum atomic E-state index is 13.2. The third-order valence-corrected chi connectivity index (χ3v) is 5.52. The molecule has 1 N–H and O–H groups in total. The number of rotatable bonds is 13. The summed E-state index contributed by atoms with van der Waals surface area (Å²) in [6.45, 7) is 7.53. The largest absolute Gasteiger partial charge is 0.494 e. The number of aryl methyl sites for hydroxylation is 1. The molecule has 0 spiro atoms. The molecule has 5 nitrogen and oxygen atoms in total. The number of halogens is 1. The topological polar surface area (TPSA) is 58.6 Å². The van der Waals surface area contributed by atoms with Crippen molar-refractivity contribution in [3.63, 3.8) is 0 Å². The molecule has 2 amide bonds. The maximum Gasteiger partial charge on any atom is 0.242 e. The van der Waals surface area contributed by atoms with Gasteiger partial charge in [0, 0.05) is 24.5 Å². The minimum atomic E-state index is -0.489. The molecule has 0 saturated heterocycles. The highest BCUT2D eigenvalue weighted by Crippen LogP contribution is 2.17. The quantitative estimate of drug-likeness (QED) is 0.401. The zero-order chi connectivity index (χ0) is 23.3. The highest BCUT2D eigenvalue weighted by atomic mass is 35.5. The molecular formula is C26H35ClN2O3. The van der Waals surface area contributed by atoms with E-state index < -0.39 is 6.04 Å². The number of nitrogens with zero attached hydrogens (tertiary/aromatic N) is 1. The van der Waals surface area contributed by atoms with Crippen molar-refractivity contribution in [2.24, 2.45) is 0 Å². The van der Waals surface area contributed by atoms with Gasteiger partial charge in [0.15, 0.2) is 0 Å². The van der Waals surface area contributed by atoms with Crippen molar-refractivity contribution in [3.05, 3.63) is 64.7 Å². The highest BCUT2D eigenvalue weighted by molar-refractivity contribution is 6.30. The van der Waals surface area contributed by atoms with E-state index in [9.17, 15) is 9.59 Å². The van der Waals surface area contributed by atoms with Crippen molar-refractivity contribution >= 4 is 23.4 Å². The van der Waals surface area contributed by atoms with Crippen LogP contribution >= 0.6 is 11.6 Å². The summed E-state index contributed by atoms with van der Waals surface area (Å²) in [5.41, 5.74) is 2.15. The maximum absolute atomic E-state index is 13.2. The van der Waals surface area contributed by atoms with Crippen LogP contribution in [-0.2, 0) is 16.1 Å². The molecule has 0 bridgehead atoms. The van der Waals surface area contributed by atoms with E-state index >= 15 is 0 Å². The Bertz CT molecular complexity index is 854. The summed E-state index contributed by atoms with van der Waals surface area (Å²) in [5.74, 6) is 0.600. The van der Waals surface area contributed by atoms with Gasteiger partial charge >= 0.3 is 0 Å². The molecule has 32 heavy (non-hydrogen) atoms. The average molecular weight is 459 g/mol. The lowest BCUT2D eigenvalue weighted by Crippen LogP contribution is -2.49. The van der Waals surface area contributed by atoms with Gasteiger partial charge in [0.05, 0.1) is 6.61 Å². The minimum absolute atomic E-state index is 0.0382. The smallest absolute Gasteiger partial charge is 0.242 e. The van der Waals surface area contributed by atoms with Crippen LogP contribution in [0.15, 0.2) is 48.5 Å². The number of carbonyl (C=O) groups is 2. The predicted molar refractivity (Wildman–Crippen MR) is 130 cm³/mol. The first-order chi connectivity index (χ1) is 15.4. The summed E-state index contributed by atoms with van der Waals surface area (Å²) in [4.78, 5) is 27.8. The van der Waals surface area contributed by atoms with Gasteiger partial charge in [0.2, 0.25) is 11.8 Å². The second kappa shape index (κ2) is 13.8. The summed E-state index contributed by atoms with van der Waals surface area (Å²) >= 11 is 5.90. The Kier molecular flexibility index (Phi) is 11.1. The molecule has 0 aromatic heterocycles. The van der Waals surface area contributed by atoms with Gasteiger partial charge in [-0.25, -0.2) is 0 Å². The zero-order valence-corrected chi connectivity index (χ0v) is 20.2. The van der Waals surface area contributed by atoms with E-state index in [1.54, 1.807) is 17.0 Å². The van der Waals surface area contributed by atoms with Gasteiger partial charge < -0.3 is 15.0 Å². The number of amides is 2. The Morgan fingerprint density at radius 3 is 2.50 bits per heavy atom. The number of carbonyl (C=O) groups excluding carboxylic acids is 2. The van der Waals surface area contributed by atoms with Crippen molar-refractivity contribution in [2.75, 3.05) is 13.2 Å². The number of hydrogen-bond acceptors (Lipinski definition) is 3. The molecule has 1 atom stereocenters. The van der Waals surface area contributed by atoms with Crippen LogP contribution in [0.3, 0.4) is 0 Å². The molecule has 2 aromatic rings. The molecule has 0 aliphatic carbocycles. The fourth-order valence-electron chi connectivity index (χ4n) is 3.52. The van der Waals surface area contributed by atoms with Crippen LogP contribution in [0.2, 0.25) is 5.02 Å². The Morgan fingerprint density at radius 2 is 1.84 bits per heavy atom. The van der Waals surface area contributed by atoms with Gasteiger partial charge in [-0.1, -0.05) is 61.7 Å². The van der Waals surface area contributed by atoms with Crippen molar-refractivity contribution in [2.45, 2.75) is 65.5 Å². The van der Waals surface area contributed by atoms with Gasteiger partial charge in [0.25, 0.3) is 0 Å². The molecule has 0 heterocycles. The molecule has 0 radical (unpaired) electrons. The fourth-order valence-corrected chi connectivity index (χ4v) is 3.65.